The van der Waals surface area contributed by atoms with E-state index in [2.05, 4.69) is 9.71 Å². The normalized spacial score (nSPS) is 11.3. The van der Waals surface area contributed by atoms with Gasteiger partial charge in [-0.2, -0.15) is 0 Å². The highest BCUT2D eigenvalue weighted by atomic mass is 32.2. The highest BCUT2D eigenvalue weighted by molar-refractivity contribution is 7.92. The molecule has 0 unspecified atom stereocenters. The molecule has 100 valence electrons. The Labute approximate surface area is 113 Å². The van der Waals surface area contributed by atoms with Crippen molar-refractivity contribution in [3.63, 3.8) is 0 Å². The summed E-state index contributed by atoms with van der Waals surface area (Å²) in [5.74, 6) is 0.0659. The molecule has 0 aliphatic heterocycles. The monoisotopic (exact) mass is 276 g/mol. The number of nitrogens with zero attached hydrogens (tertiary/aromatic N) is 1. The highest BCUT2D eigenvalue weighted by Crippen LogP contribution is 2.23. The average Bonchev–Trinajstić information content (AvgIpc) is 2.40. The van der Waals surface area contributed by atoms with Crippen LogP contribution in [-0.2, 0) is 10.0 Å². The van der Waals surface area contributed by atoms with Crippen LogP contribution < -0.4 is 4.72 Å². The Kier molecular flexibility index (Phi) is 3.85. The first kappa shape index (κ1) is 13.5. The van der Waals surface area contributed by atoms with E-state index in [-0.39, 0.29) is 5.75 Å². The number of nitrogens with one attached hydrogen (secondary N) is 1. The zero-order chi connectivity index (χ0) is 13.9. The number of aromatic nitrogens is 1. The van der Waals surface area contributed by atoms with E-state index in [1.54, 1.807) is 31.5 Å². The van der Waals surface area contributed by atoms with Gasteiger partial charge in [0.1, 0.15) is 0 Å². The molecule has 1 aromatic heterocycles. The molecular formula is C14H16N2O2S. The minimum absolute atomic E-state index is 0.0659. The quantitative estimate of drug-likeness (QED) is 0.934. The smallest absolute Gasteiger partial charge is 0.232 e. The molecule has 0 radical (unpaired) electrons. The van der Waals surface area contributed by atoms with E-state index in [1.807, 2.05) is 25.1 Å². The molecule has 0 atom stereocenters. The van der Waals surface area contributed by atoms with E-state index in [9.17, 15) is 8.42 Å². The van der Waals surface area contributed by atoms with Gasteiger partial charge in [0.05, 0.1) is 5.75 Å². The van der Waals surface area contributed by atoms with Crippen LogP contribution in [0, 0.1) is 6.92 Å². The van der Waals surface area contributed by atoms with Crippen molar-refractivity contribution in [1.82, 2.24) is 4.98 Å². The summed E-state index contributed by atoms with van der Waals surface area (Å²) in [7, 11) is -3.22. The molecule has 1 heterocycles. The van der Waals surface area contributed by atoms with Gasteiger partial charge in [-0.1, -0.05) is 12.1 Å². The van der Waals surface area contributed by atoms with Gasteiger partial charge in [-0.15, -0.1) is 0 Å². The number of pyridine rings is 1. The first-order valence-electron chi connectivity index (χ1n) is 6.03. The van der Waals surface area contributed by atoms with Gasteiger partial charge in [-0.25, -0.2) is 8.42 Å². The van der Waals surface area contributed by atoms with E-state index in [4.69, 9.17) is 0 Å². The molecule has 1 N–H and O–H groups in total. The number of aryl methyl sites for hydroxylation is 1. The zero-order valence-corrected chi connectivity index (χ0v) is 11.7. The third-order valence-electron chi connectivity index (χ3n) is 2.89. The highest BCUT2D eigenvalue weighted by Gasteiger charge is 2.07. The van der Waals surface area contributed by atoms with Crippen molar-refractivity contribution in [2.45, 2.75) is 13.8 Å². The van der Waals surface area contributed by atoms with Crippen molar-refractivity contribution in [1.29, 1.82) is 0 Å². The summed E-state index contributed by atoms with van der Waals surface area (Å²) in [6, 6.07) is 9.24. The van der Waals surface area contributed by atoms with Crippen LogP contribution in [0.15, 0.2) is 42.7 Å². The lowest BCUT2D eigenvalue weighted by Crippen LogP contribution is -2.14. The van der Waals surface area contributed by atoms with Gasteiger partial charge in [0.15, 0.2) is 0 Å². The van der Waals surface area contributed by atoms with Crippen LogP contribution in [0.2, 0.25) is 0 Å². The molecular weight excluding hydrogens is 260 g/mol. The van der Waals surface area contributed by atoms with Crippen LogP contribution in [-0.4, -0.2) is 19.2 Å². The lowest BCUT2D eigenvalue weighted by atomic mass is 10.0. The Hall–Kier alpha value is -1.88. The third-order valence-corrected chi connectivity index (χ3v) is 4.20. The maximum Gasteiger partial charge on any atom is 0.232 e. The first-order chi connectivity index (χ1) is 9.02. The fraction of sp³-hybridized carbons (Fsp3) is 0.214. The second kappa shape index (κ2) is 5.40. The molecule has 5 heteroatoms. The van der Waals surface area contributed by atoms with Crippen LogP contribution in [0.1, 0.15) is 12.5 Å². The van der Waals surface area contributed by atoms with Crippen LogP contribution in [0.4, 0.5) is 5.69 Å². The van der Waals surface area contributed by atoms with E-state index in [0.29, 0.717) is 5.69 Å². The number of benzene rings is 1. The Morgan fingerprint density at radius 2 is 1.84 bits per heavy atom. The number of rotatable bonds is 4. The fourth-order valence-electron chi connectivity index (χ4n) is 1.74. The molecule has 1 aromatic carbocycles. The lowest BCUT2D eigenvalue weighted by molar-refractivity contribution is 0.602. The minimum Gasteiger partial charge on any atom is -0.284 e. The summed E-state index contributed by atoms with van der Waals surface area (Å²) >= 11 is 0. The number of anilines is 1. The lowest BCUT2D eigenvalue weighted by Gasteiger charge is -2.08. The van der Waals surface area contributed by atoms with Gasteiger partial charge < -0.3 is 0 Å². The van der Waals surface area contributed by atoms with Crippen LogP contribution in [0.5, 0.6) is 0 Å². The van der Waals surface area contributed by atoms with Crippen LogP contribution >= 0.6 is 0 Å². The number of hydrogen-bond acceptors (Lipinski definition) is 3. The first-order valence-corrected chi connectivity index (χ1v) is 7.68. The summed E-state index contributed by atoms with van der Waals surface area (Å²) in [5, 5.41) is 0. The summed E-state index contributed by atoms with van der Waals surface area (Å²) in [6.07, 6.45) is 3.56. The van der Waals surface area contributed by atoms with Crippen LogP contribution in [0.25, 0.3) is 11.1 Å². The molecule has 0 aliphatic carbocycles. The van der Waals surface area contributed by atoms with E-state index < -0.39 is 10.0 Å². The summed E-state index contributed by atoms with van der Waals surface area (Å²) in [6.45, 7) is 3.63. The molecule has 0 saturated heterocycles. The Bertz CT molecular complexity index is 664. The van der Waals surface area contributed by atoms with E-state index >= 15 is 0 Å². The second-order valence-corrected chi connectivity index (χ2v) is 6.28. The fourth-order valence-corrected chi connectivity index (χ4v) is 2.38. The van der Waals surface area contributed by atoms with Crippen molar-refractivity contribution in [2.75, 3.05) is 10.5 Å². The molecule has 2 aromatic rings. The summed E-state index contributed by atoms with van der Waals surface area (Å²) < 4.78 is 25.4. The number of sulfonamides is 1. The second-order valence-electron chi connectivity index (χ2n) is 4.27. The number of hydrogen-bond donors (Lipinski definition) is 1. The van der Waals surface area contributed by atoms with Crippen molar-refractivity contribution in [3.05, 3.63) is 48.3 Å². The SMILES string of the molecule is CCS(=O)(=O)Nc1ccc(-c2cnccc2C)cc1. The maximum absolute atomic E-state index is 11.5. The van der Waals surface area contributed by atoms with E-state index in [0.717, 1.165) is 16.7 Å². The molecule has 0 fully saturated rings. The average molecular weight is 276 g/mol. The largest absolute Gasteiger partial charge is 0.284 e. The molecule has 0 spiro atoms. The molecule has 19 heavy (non-hydrogen) atoms. The van der Waals surface area contributed by atoms with Gasteiger partial charge in [0.25, 0.3) is 0 Å². The summed E-state index contributed by atoms with van der Waals surface area (Å²) in [4.78, 5) is 4.11. The van der Waals surface area contributed by atoms with Gasteiger partial charge in [0, 0.05) is 23.6 Å². The summed E-state index contributed by atoms with van der Waals surface area (Å²) in [5.41, 5.74) is 3.78. The molecule has 0 amide bonds. The molecule has 0 saturated carbocycles. The zero-order valence-electron chi connectivity index (χ0n) is 10.9. The topological polar surface area (TPSA) is 59.1 Å². The molecule has 0 bridgehead atoms. The van der Waals surface area contributed by atoms with Crippen molar-refractivity contribution in [2.24, 2.45) is 0 Å². The third kappa shape index (κ3) is 3.32. The van der Waals surface area contributed by atoms with Gasteiger partial charge in [-0.3, -0.25) is 9.71 Å². The van der Waals surface area contributed by atoms with Gasteiger partial charge >= 0.3 is 0 Å². The molecule has 4 nitrogen and oxygen atoms in total. The van der Waals surface area contributed by atoms with Crippen molar-refractivity contribution < 1.29 is 8.42 Å². The predicted octanol–water partition coefficient (Wildman–Crippen LogP) is 2.82. The Morgan fingerprint density at radius 1 is 1.16 bits per heavy atom. The van der Waals surface area contributed by atoms with Gasteiger partial charge in [-0.05, 0) is 43.2 Å². The minimum atomic E-state index is -3.22. The van der Waals surface area contributed by atoms with Crippen LogP contribution in [0.3, 0.4) is 0 Å². The van der Waals surface area contributed by atoms with Gasteiger partial charge in [0.2, 0.25) is 10.0 Å². The predicted molar refractivity (Wildman–Crippen MR) is 77.5 cm³/mol. The van der Waals surface area contributed by atoms with Crippen molar-refractivity contribution >= 4 is 15.7 Å². The maximum atomic E-state index is 11.5. The molecule has 2 rings (SSSR count). The molecule has 0 aliphatic rings. The van der Waals surface area contributed by atoms with E-state index in [1.165, 1.54) is 0 Å². The van der Waals surface area contributed by atoms with Crippen molar-refractivity contribution in [3.8, 4) is 11.1 Å². The standard InChI is InChI=1S/C14H16N2O2S/c1-3-19(17,18)16-13-6-4-12(5-7-13)14-10-15-9-8-11(14)2/h4-10,16H,3H2,1-2H3. The Morgan fingerprint density at radius 3 is 2.42 bits per heavy atom. The Balaban J connectivity index is 2.27.